The third-order valence-corrected chi connectivity index (χ3v) is 4.45. The molecule has 0 saturated heterocycles. The van der Waals surface area contributed by atoms with Crippen LogP contribution in [0.5, 0.6) is 0 Å². The highest BCUT2D eigenvalue weighted by atomic mass is 15.3. The zero-order valence-electron chi connectivity index (χ0n) is 12.9. The molecule has 1 N–H and O–H groups in total. The zero-order valence-corrected chi connectivity index (χ0v) is 12.9. The Morgan fingerprint density at radius 1 is 1.29 bits per heavy atom. The molecule has 1 saturated carbocycles. The summed E-state index contributed by atoms with van der Waals surface area (Å²) >= 11 is 0. The summed E-state index contributed by atoms with van der Waals surface area (Å²) in [5.41, 5.74) is 0. The topological polar surface area (TPSA) is 60.6 Å². The quantitative estimate of drug-likeness (QED) is 0.915. The van der Waals surface area contributed by atoms with Crippen molar-refractivity contribution < 1.29 is 0 Å². The van der Waals surface area contributed by atoms with Crippen molar-refractivity contribution in [2.24, 2.45) is 0 Å². The Bertz CT molecular complexity index is 559. The van der Waals surface area contributed by atoms with Gasteiger partial charge in [0.2, 0.25) is 0 Å². The van der Waals surface area contributed by atoms with E-state index in [1.807, 2.05) is 19.2 Å². The highest BCUT2D eigenvalue weighted by Gasteiger charge is 2.26. The summed E-state index contributed by atoms with van der Waals surface area (Å²) in [4.78, 5) is 0. The Morgan fingerprint density at radius 3 is 2.90 bits per heavy atom. The van der Waals surface area contributed by atoms with Crippen LogP contribution in [0.4, 0.5) is 0 Å². The summed E-state index contributed by atoms with van der Waals surface area (Å²) in [6, 6.07) is 2.91. The van der Waals surface area contributed by atoms with Gasteiger partial charge in [-0.3, -0.25) is 4.68 Å². The Labute approximate surface area is 125 Å². The second kappa shape index (κ2) is 6.39. The van der Waals surface area contributed by atoms with Gasteiger partial charge in [-0.2, -0.15) is 5.10 Å². The van der Waals surface area contributed by atoms with E-state index in [1.165, 1.54) is 25.7 Å². The molecule has 0 radical (unpaired) electrons. The second-order valence-corrected chi connectivity index (χ2v) is 5.73. The molecule has 21 heavy (non-hydrogen) atoms. The van der Waals surface area contributed by atoms with Gasteiger partial charge in [-0.1, -0.05) is 12.8 Å². The van der Waals surface area contributed by atoms with Crippen LogP contribution in [-0.4, -0.2) is 30.6 Å². The average molecular weight is 288 g/mol. The van der Waals surface area contributed by atoms with E-state index in [4.69, 9.17) is 0 Å². The maximum absolute atomic E-state index is 4.43. The molecule has 0 bridgehead atoms. The number of aryl methyl sites for hydroxylation is 1. The maximum Gasteiger partial charge on any atom is 0.146 e. The van der Waals surface area contributed by atoms with E-state index in [0.717, 1.165) is 24.7 Å². The number of aromatic nitrogens is 5. The fraction of sp³-hybridized carbons (Fsp3) is 0.667. The van der Waals surface area contributed by atoms with Crippen LogP contribution < -0.4 is 5.32 Å². The van der Waals surface area contributed by atoms with Gasteiger partial charge >= 0.3 is 0 Å². The Balaban J connectivity index is 1.67. The van der Waals surface area contributed by atoms with Gasteiger partial charge in [-0.25, -0.2) is 0 Å². The van der Waals surface area contributed by atoms with Crippen LogP contribution in [0.2, 0.25) is 0 Å². The van der Waals surface area contributed by atoms with Gasteiger partial charge in [0.1, 0.15) is 11.6 Å². The van der Waals surface area contributed by atoms with Crippen molar-refractivity contribution >= 4 is 0 Å². The molecule has 114 valence electrons. The van der Waals surface area contributed by atoms with Gasteiger partial charge in [0, 0.05) is 25.0 Å². The van der Waals surface area contributed by atoms with Crippen molar-refractivity contribution in [1.82, 2.24) is 29.9 Å². The number of hydrogen-bond acceptors (Lipinski definition) is 4. The lowest BCUT2D eigenvalue weighted by atomic mass is 9.90. The Hall–Kier alpha value is -1.69. The third-order valence-electron chi connectivity index (χ3n) is 4.45. The predicted octanol–water partition coefficient (Wildman–Crippen LogP) is 2.08. The molecular formula is C15H24N6. The summed E-state index contributed by atoms with van der Waals surface area (Å²) in [6.07, 6.45) is 8.90. The van der Waals surface area contributed by atoms with Crippen LogP contribution in [0.15, 0.2) is 18.5 Å². The third kappa shape index (κ3) is 3.00. The van der Waals surface area contributed by atoms with Gasteiger partial charge in [0.15, 0.2) is 0 Å². The van der Waals surface area contributed by atoms with E-state index < -0.39 is 0 Å². The SMILES string of the molecule is CCn1c(C)nnc1CN[C@H]1CCCC[C@H]1n1cccn1. The molecule has 0 aromatic carbocycles. The summed E-state index contributed by atoms with van der Waals surface area (Å²) in [6.45, 7) is 5.83. The van der Waals surface area contributed by atoms with E-state index in [2.05, 4.69) is 43.0 Å². The van der Waals surface area contributed by atoms with Crippen molar-refractivity contribution in [3.8, 4) is 0 Å². The van der Waals surface area contributed by atoms with E-state index in [9.17, 15) is 0 Å². The summed E-state index contributed by atoms with van der Waals surface area (Å²) in [5, 5.41) is 16.6. The van der Waals surface area contributed by atoms with Crippen LogP contribution in [0.3, 0.4) is 0 Å². The second-order valence-electron chi connectivity index (χ2n) is 5.73. The number of nitrogens with zero attached hydrogens (tertiary/aromatic N) is 5. The molecular weight excluding hydrogens is 264 g/mol. The highest BCUT2D eigenvalue weighted by molar-refractivity contribution is 4.95. The monoisotopic (exact) mass is 288 g/mol. The fourth-order valence-electron chi connectivity index (χ4n) is 3.33. The molecule has 1 fully saturated rings. The predicted molar refractivity (Wildman–Crippen MR) is 80.8 cm³/mol. The minimum absolute atomic E-state index is 0.452. The molecule has 1 aliphatic carbocycles. The molecule has 2 aromatic rings. The summed E-state index contributed by atoms with van der Waals surface area (Å²) < 4.78 is 4.27. The fourth-order valence-corrected chi connectivity index (χ4v) is 3.33. The van der Waals surface area contributed by atoms with Gasteiger partial charge in [-0.15, -0.1) is 10.2 Å². The molecule has 6 nitrogen and oxygen atoms in total. The lowest BCUT2D eigenvalue weighted by molar-refractivity contribution is 0.243. The minimum atomic E-state index is 0.452. The van der Waals surface area contributed by atoms with Crippen LogP contribution in [0.25, 0.3) is 0 Å². The normalized spacial score (nSPS) is 22.6. The molecule has 6 heteroatoms. The zero-order chi connectivity index (χ0) is 14.7. The number of rotatable bonds is 5. The first-order chi connectivity index (χ1) is 10.3. The van der Waals surface area contributed by atoms with Gasteiger partial charge in [-0.05, 0) is 32.8 Å². The van der Waals surface area contributed by atoms with Crippen molar-refractivity contribution in [2.45, 2.75) is 64.7 Å². The first kappa shape index (κ1) is 14.3. The van der Waals surface area contributed by atoms with E-state index in [0.29, 0.717) is 12.1 Å². The summed E-state index contributed by atoms with van der Waals surface area (Å²) in [7, 11) is 0. The van der Waals surface area contributed by atoms with E-state index >= 15 is 0 Å². The standard InChI is InChI=1S/C15H24N6/c1-3-20-12(2)18-19-15(20)11-16-13-7-4-5-8-14(13)21-10-6-9-17-21/h6,9-10,13-14,16H,3-5,7-8,11H2,1-2H3/t13-,14+/m0/s1. The van der Waals surface area contributed by atoms with Crippen LogP contribution >= 0.6 is 0 Å². The molecule has 2 heterocycles. The molecule has 0 unspecified atom stereocenters. The molecule has 1 aliphatic rings. The number of nitrogens with one attached hydrogen (secondary N) is 1. The molecule has 0 spiro atoms. The van der Waals surface area contributed by atoms with Crippen molar-refractivity contribution in [3.63, 3.8) is 0 Å². The smallest absolute Gasteiger partial charge is 0.146 e. The van der Waals surface area contributed by atoms with E-state index in [-0.39, 0.29) is 0 Å². The molecule has 3 rings (SSSR count). The summed E-state index contributed by atoms with van der Waals surface area (Å²) in [5.74, 6) is 2.02. The Kier molecular flexibility index (Phi) is 4.34. The van der Waals surface area contributed by atoms with Crippen molar-refractivity contribution in [3.05, 3.63) is 30.1 Å². The first-order valence-corrected chi connectivity index (χ1v) is 7.90. The molecule has 2 atom stereocenters. The lowest BCUT2D eigenvalue weighted by Gasteiger charge is -2.32. The van der Waals surface area contributed by atoms with Gasteiger partial charge in [0.25, 0.3) is 0 Å². The van der Waals surface area contributed by atoms with Crippen LogP contribution in [0, 0.1) is 6.92 Å². The van der Waals surface area contributed by atoms with Crippen LogP contribution in [0.1, 0.15) is 50.3 Å². The van der Waals surface area contributed by atoms with Crippen LogP contribution in [-0.2, 0) is 13.1 Å². The maximum atomic E-state index is 4.43. The van der Waals surface area contributed by atoms with E-state index in [1.54, 1.807) is 0 Å². The highest BCUT2D eigenvalue weighted by Crippen LogP contribution is 2.28. The lowest BCUT2D eigenvalue weighted by Crippen LogP contribution is -2.40. The number of hydrogen-bond donors (Lipinski definition) is 1. The van der Waals surface area contributed by atoms with Gasteiger partial charge < -0.3 is 9.88 Å². The van der Waals surface area contributed by atoms with Gasteiger partial charge in [0.05, 0.1) is 12.6 Å². The first-order valence-electron chi connectivity index (χ1n) is 7.90. The van der Waals surface area contributed by atoms with Crippen molar-refractivity contribution in [2.75, 3.05) is 0 Å². The van der Waals surface area contributed by atoms with Crippen molar-refractivity contribution in [1.29, 1.82) is 0 Å². The average Bonchev–Trinajstić information content (AvgIpc) is 3.15. The molecule has 0 amide bonds. The largest absolute Gasteiger partial charge is 0.314 e. The molecule has 2 aromatic heterocycles. The molecule has 0 aliphatic heterocycles. The Morgan fingerprint density at radius 2 is 2.14 bits per heavy atom. The minimum Gasteiger partial charge on any atom is -0.314 e.